The summed E-state index contributed by atoms with van der Waals surface area (Å²) in [6.45, 7) is 9.70. The van der Waals surface area contributed by atoms with E-state index in [-0.39, 0.29) is 5.97 Å². The van der Waals surface area contributed by atoms with E-state index in [9.17, 15) is 4.79 Å². The SMILES string of the molecule is CC(C)=C(OC(=O)C(C)(C)C)C1CC1c1ccccc1. The normalized spacial score (nSPS) is 21.2. The van der Waals surface area contributed by atoms with Crippen molar-refractivity contribution < 1.29 is 9.53 Å². The number of allylic oxidation sites excluding steroid dienone is 2. The molecule has 0 N–H and O–H groups in total. The average Bonchev–Trinajstić information content (AvgIpc) is 3.15. The highest BCUT2D eigenvalue weighted by atomic mass is 16.5. The Bertz CT molecular complexity index is 516. The van der Waals surface area contributed by atoms with Gasteiger partial charge in [-0.3, -0.25) is 4.79 Å². The van der Waals surface area contributed by atoms with Gasteiger partial charge >= 0.3 is 5.97 Å². The van der Waals surface area contributed by atoms with E-state index in [1.165, 1.54) is 5.56 Å². The van der Waals surface area contributed by atoms with E-state index in [1.807, 2.05) is 40.7 Å². The first-order valence-corrected chi connectivity index (χ1v) is 7.25. The predicted molar refractivity (Wildman–Crippen MR) is 81.2 cm³/mol. The van der Waals surface area contributed by atoms with Crippen LogP contribution in [0.25, 0.3) is 0 Å². The molecule has 20 heavy (non-hydrogen) atoms. The second-order valence-corrected chi connectivity index (χ2v) is 6.86. The van der Waals surface area contributed by atoms with E-state index in [4.69, 9.17) is 4.74 Å². The number of hydrogen-bond acceptors (Lipinski definition) is 2. The molecule has 108 valence electrons. The highest BCUT2D eigenvalue weighted by Gasteiger charge is 2.44. The molecule has 0 aliphatic heterocycles. The highest BCUT2D eigenvalue weighted by Crippen LogP contribution is 2.53. The van der Waals surface area contributed by atoms with E-state index in [0.717, 1.165) is 17.8 Å². The number of carbonyl (C=O) groups is 1. The molecule has 0 bridgehead atoms. The summed E-state index contributed by atoms with van der Waals surface area (Å²) in [7, 11) is 0. The standard InChI is InChI=1S/C18H24O2/c1-12(2)16(20-17(19)18(3,4)5)15-11-14(15)13-9-7-6-8-10-13/h6-10,14-15H,11H2,1-5H3. The van der Waals surface area contributed by atoms with Crippen molar-refractivity contribution in [3.05, 3.63) is 47.2 Å². The van der Waals surface area contributed by atoms with Crippen LogP contribution in [-0.4, -0.2) is 5.97 Å². The van der Waals surface area contributed by atoms with Gasteiger partial charge in [0.1, 0.15) is 5.76 Å². The fourth-order valence-electron chi connectivity index (χ4n) is 2.35. The summed E-state index contributed by atoms with van der Waals surface area (Å²) in [5.74, 6) is 1.58. The first-order valence-electron chi connectivity index (χ1n) is 7.25. The fraction of sp³-hybridized carbons (Fsp3) is 0.500. The lowest BCUT2D eigenvalue weighted by atomic mass is 9.97. The van der Waals surface area contributed by atoms with E-state index in [1.54, 1.807) is 0 Å². The van der Waals surface area contributed by atoms with Crippen LogP contribution >= 0.6 is 0 Å². The molecule has 2 unspecified atom stereocenters. The van der Waals surface area contributed by atoms with Gasteiger partial charge in [0.05, 0.1) is 5.41 Å². The second kappa shape index (κ2) is 5.43. The van der Waals surface area contributed by atoms with Gasteiger partial charge in [-0.15, -0.1) is 0 Å². The smallest absolute Gasteiger partial charge is 0.316 e. The zero-order valence-corrected chi connectivity index (χ0v) is 13.1. The third kappa shape index (κ3) is 3.30. The van der Waals surface area contributed by atoms with Gasteiger partial charge in [0.25, 0.3) is 0 Å². The molecule has 0 amide bonds. The number of ether oxygens (including phenoxy) is 1. The zero-order valence-electron chi connectivity index (χ0n) is 13.1. The summed E-state index contributed by atoms with van der Waals surface area (Å²) in [5, 5.41) is 0. The molecule has 1 aliphatic rings. The molecule has 0 radical (unpaired) electrons. The Labute approximate surface area is 121 Å². The maximum absolute atomic E-state index is 12.1. The van der Waals surface area contributed by atoms with Crippen LogP contribution in [0.15, 0.2) is 41.7 Å². The summed E-state index contributed by atoms with van der Waals surface area (Å²) < 4.78 is 5.69. The van der Waals surface area contributed by atoms with Crippen molar-refractivity contribution in [2.75, 3.05) is 0 Å². The van der Waals surface area contributed by atoms with Crippen LogP contribution < -0.4 is 0 Å². The van der Waals surface area contributed by atoms with Gasteiger partial charge < -0.3 is 4.74 Å². The maximum atomic E-state index is 12.1. The molecule has 1 aliphatic carbocycles. The lowest BCUT2D eigenvalue weighted by molar-refractivity contribution is -0.149. The second-order valence-electron chi connectivity index (χ2n) is 6.86. The molecule has 2 heteroatoms. The molecule has 0 heterocycles. The van der Waals surface area contributed by atoms with Crippen molar-refractivity contribution in [3.63, 3.8) is 0 Å². The summed E-state index contributed by atoms with van der Waals surface area (Å²) in [6, 6.07) is 10.5. The third-order valence-electron chi connectivity index (χ3n) is 3.66. The van der Waals surface area contributed by atoms with E-state index in [2.05, 4.69) is 24.3 Å². The Morgan fingerprint density at radius 1 is 1.15 bits per heavy atom. The van der Waals surface area contributed by atoms with E-state index >= 15 is 0 Å². The van der Waals surface area contributed by atoms with Crippen molar-refractivity contribution in [3.8, 4) is 0 Å². The van der Waals surface area contributed by atoms with Crippen molar-refractivity contribution >= 4 is 5.97 Å². The van der Waals surface area contributed by atoms with Crippen LogP contribution in [0.4, 0.5) is 0 Å². The lowest BCUT2D eigenvalue weighted by Gasteiger charge is -2.19. The van der Waals surface area contributed by atoms with Gasteiger partial charge in [-0.05, 0) is 58.1 Å². The Hall–Kier alpha value is -1.57. The molecular formula is C18H24O2. The van der Waals surface area contributed by atoms with Crippen molar-refractivity contribution in [1.82, 2.24) is 0 Å². The van der Waals surface area contributed by atoms with E-state index in [0.29, 0.717) is 11.8 Å². The lowest BCUT2D eigenvalue weighted by Crippen LogP contribution is -2.23. The van der Waals surface area contributed by atoms with Crippen LogP contribution in [0, 0.1) is 11.3 Å². The van der Waals surface area contributed by atoms with Crippen molar-refractivity contribution in [1.29, 1.82) is 0 Å². The van der Waals surface area contributed by atoms with Crippen LogP contribution in [0.3, 0.4) is 0 Å². The molecule has 0 spiro atoms. The molecule has 2 atom stereocenters. The summed E-state index contributed by atoms with van der Waals surface area (Å²) >= 11 is 0. The number of benzene rings is 1. The Morgan fingerprint density at radius 3 is 2.25 bits per heavy atom. The number of esters is 1. The first kappa shape index (κ1) is 14.8. The largest absolute Gasteiger partial charge is 0.430 e. The quantitative estimate of drug-likeness (QED) is 0.590. The zero-order chi connectivity index (χ0) is 14.9. The van der Waals surface area contributed by atoms with Gasteiger partial charge in [-0.25, -0.2) is 0 Å². The summed E-state index contributed by atoms with van der Waals surface area (Å²) in [4.78, 5) is 12.1. The highest BCUT2D eigenvalue weighted by molar-refractivity contribution is 5.76. The summed E-state index contributed by atoms with van der Waals surface area (Å²) in [5.41, 5.74) is 1.98. The Balaban J connectivity index is 2.11. The number of rotatable bonds is 3. The van der Waals surface area contributed by atoms with E-state index < -0.39 is 5.41 Å². The van der Waals surface area contributed by atoms with Gasteiger partial charge in [-0.1, -0.05) is 30.3 Å². The molecule has 1 aromatic carbocycles. The minimum Gasteiger partial charge on any atom is -0.430 e. The molecule has 0 aromatic heterocycles. The molecule has 1 aromatic rings. The van der Waals surface area contributed by atoms with Crippen LogP contribution in [0.5, 0.6) is 0 Å². The topological polar surface area (TPSA) is 26.3 Å². The monoisotopic (exact) mass is 272 g/mol. The van der Waals surface area contributed by atoms with Gasteiger partial charge in [0, 0.05) is 5.92 Å². The number of carbonyl (C=O) groups excluding carboxylic acids is 1. The molecule has 2 rings (SSSR count). The van der Waals surface area contributed by atoms with Crippen molar-refractivity contribution in [2.24, 2.45) is 11.3 Å². The van der Waals surface area contributed by atoms with Crippen molar-refractivity contribution in [2.45, 2.75) is 47.0 Å². The molecule has 1 saturated carbocycles. The molecular weight excluding hydrogens is 248 g/mol. The number of hydrogen-bond donors (Lipinski definition) is 0. The summed E-state index contributed by atoms with van der Waals surface area (Å²) in [6.07, 6.45) is 1.07. The van der Waals surface area contributed by atoms with Gasteiger partial charge in [0.15, 0.2) is 0 Å². The van der Waals surface area contributed by atoms with Gasteiger partial charge in [-0.2, -0.15) is 0 Å². The molecule has 2 nitrogen and oxygen atoms in total. The average molecular weight is 272 g/mol. The minimum atomic E-state index is -0.460. The molecule has 0 saturated heterocycles. The Kier molecular flexibility index (Phi) is 4.03. The fourth-order valence-corrected chi connectivity index (χ4v) is 2.35. The third-order valence-corrected chi connectivity index (χ3v) is 3.66. The predicted octanol–water partition coefficient (Wildman–Crippen LogP) is 4.67. The van der Waals surface area contributed by atoms with Crippen LogP contribution in [0.1, 0.15) is 52.5 Å². The Morgan fingerprint density at radius 2 is 1.75 bits per heavy atom. The maximum Gasteiger partial charge on any atom is 0.316 e. The van der Waals surface area contributed by atoms with Crippen LogP contribution in [-0.2, 0) is 9.53 Å². The minimum absolute atomic E-state index is 0.146. The molecule has 1 fully saturated rings. The first-order chi connectivity index (χ1) is 9.30. The van der Waals surface area contributed by atoms with Gasteiger partial charge in [0.2, 0.25) is 0 Å². The van der Waals surface area contributed by atoms with Crippen LogP contribution in [0.2, 0.25) is 0 Å².